The Kier molecular flexibility index (Phi) is 5.71. The number of imide groups is 1. The first-order valence-electron chi connectivity index (χ1n) is 12.4. The molecule has 2 fully saturated rings. The second kappa shape index (κ2) is 8.98. The lowest BCUT2D eigenvalue weighted by molar-refractivity contribution is -0.125. The Morgan fingerprint density at radius 2 is 2.00 bits per heavy atom. The number of urea groups is 1. The molecule has 0 radical (unpaired) electrons. The minimum Gasteiger partial charge on any atom is -0.494 e. The van der Waals surface area contributed by atoms with Gasteiger partial charge in [0.05, 0.1) is 19.2 Å². The number of pyridine rings is 1. The van der Waals surface area contributed by atoms with Gasteiger partial charge in [-0.3, -0.25) is 14.9 Å². The summed E-state index contributed by atoms with van der Waals surface area (Å²) in [4.78, 5) is 46.9. The molecule has 0 unspecified atom stereocenters. The van der Waals surface area contributed by atoms with Crippen molar-refractivity contribution in [3.05, 3.63) is 53.0 Å². The van der Waals surface area contributed by atoms with Crippen LogP contribution in [0.4, 0.5) is 15.0 Å². The number of hydrogen-bond acceptors (Lipinski definition) is 8. The monoisotopic (exact) mass is 522 g/mol. The summed E-state index contributed by atoms with van der Waals surface area (Å²) in [6.45, 7) is 1.52. The number of piperidine rings is 1. The predicted molar refractivity (Wildman–Crippen MR) is 134 cm³/mol. The zero-order valence-electron chi connectivity index (χ0n) is 21.0. The van der Waals surface area contributed by atoms with E-state index in [9.17, 15) is 18.8 Å². The zero-order valence-corrected chi connectivity index (χ0v) is 21.0. The highest BCUT2D eigenvalue weighted by Crippen LogP contribution is 2.36. The van der Waals surface area contributed by atoms with E-state index >= 15 is 0 Å². The zero-order chi connectivity index (χ0) is 26.6. The fraction of sp³-hybridized carbons (Fsp3) is 0.385. The van der Waals surface area contributed by atoms with Crippen LogP contribution in [-0.4, -0.2) is 67.6 Å². The SMILES string of the molecule is CNC1CCN(c2ccc3oc([C@]4(CN5Cc6ccc(OC)c(F)c6C5=O)NC(=O)NC4=O)cc3n2)CC1. The van der Waals surface area contributed by atoms with Crippen LogP contribution in [0, 0.1) is 5.82 Å². The fourth-order valence-corrected chi connectivity index (χ4v) is 5.52. The molecule has 0 bridgehead atoms. The molecular weight excluding hydrogens is 495 g/mol. The summed E-state index contributed by atoms with van der Waals surface area (Å²) < 4.78 is 25.9. The molecule has 3 aliphatic rings. The molecule has 198 valence electrons. The highest BCUT2D eigenvalue weighted by Gasteiger charge is 2.53. The molecular formula is C26H27FN6O5. The van der Waals surface area contributed by atoms with Crippen LogP contribution in [0.15, 0.2) is 34.7 Å². The number of amides is 4. The summed E-state index contributed by atoms with van der Waals surface area (Å²) in [7, 11) is 3.29. The van der Waals surface area contributed by atoms with Crippen molar-refractivity contribution < 1.29 is 27.9 Å². The molecule has 3 aliphatic heterocycles. The number of fused-ring (bicyclic) bond motifs is 2. The van der Waals surface area contributed by atoms with Crippen molar-refractivity contribution in [2.45, 2.75) is 31.0 Å². The van der Waals surface area contributed by atoms with Gasteiger partial charge < -0.3 is 29.6 Å². The molecule has 1 aromatic carbocycles. The molecule has 11 nitrogen and oxygen atoms in total. The van der Waals surface area contributed by atoms with Gasteiger partial charge in [-0.1, -0.05) is 6.07 Å². The number of anilines is 1. The van der Waals surface area contributed by atoms with Gasteiger partial charge in [-0.15, -0.1) is 0 Å². The van der Waals surface area contributed by atoms with E-state index in [0.29, 0.717) is 22.7 Å². The van der Waals surface area contributed by atoms with Crippen molar-refractivity contribution in [3.63, 3.8) is 0 Å². The van der Waals surface area contributed by atoms with Crippen molar-refractivity contribution in [2.24, 2.45) is 0 Å². The van der Waals surface area contributed by atoms with Gasteiger partial charge in [0.15, 0.2) is 22.7 Å². The van der Waals surface area contributed by atoms with Crippen molar-refractivity contribution in [3.8, 4) is 5.75 Å². The van der Waals surface area contributed by atoms with E-state index in [1.165, 1.54) is 18.1 Å². The minimum atomic E-state index is -1.71. The Labute approximate surface area is 217 Å². The molecule has 3 N–H and O–H groups in total. The van der Waals surface area contributed by atoms with Crippen LogP contribution in [0.1, 0.15) is 34.5 Å². The third-order valence-corrected chi connectivity index (χ3v) is 7.65. The maximum Gasteiger partial charge on any atom is 0.322 e. The number of benzene rings is 1. The Morgan fingerprint density at radius 3 is 2.68 bits per heavy atom. The second-order valence-electron chi connectivity index (χ2n) is 9.80. The van der Waals surface area contributed by atoms with Crippen LogP contribution in [0.25, 0.3) is 11.1 Å². The first kappa shape index (κ1) is 24.2. The second-order valence-corrected chi connectivity index (χ2v) is 9.80. The van der Waals surface area contributed by atoms with E-state index in [0.717, 1.165) is 31.7 Å². The molecule has 0 spiro atoms. The summed E-state index contributed by atoms with van der Waals surface area (Å²) in [6.07, 6.45) is 2.00. The molecule has 0 saturated carbocycles. The first-order chi connectivity index (χ1) is 18.3. The van der Waals surface area contributed by atoms with Crippen molar-refractivity contribution in [2.75, 3.05) is 38.7 Å². The van der Waals surface area contributed by atoms with Gasteiger partial charge in [0.2, 0.25) is 0 Å². The lowest BCUT2D eigenvalue weighted by Gasteiger charge is -2.32. The highest BCUT2D eigenvalue weighted by molar-refractivity contribution is 6.08. The predicted octanol–water partition coefficient (Wildman–Crippen LogP) is 1.85. The van der Waals surface area contributed by atoms with Gasteiger partial charge in [0, 0.05) is 31.7 Å². The highest BCUT2D eigenvalue weighted by atomic mass is 19.1. The van der Waals surface area contributed by atoms with Gasteiger partial charge in [0.1, 0.15) is 17.1 Å². The number of nitrogens with zero attached hydrogens (tertiary/aromatic N) is 3. The van der Waals surface area contributed by atoms with Crippen LogP contribution in [0.2, 0.25) is 0 Å². The number of aromatic nitrogens is 1. The Morgan fingerprint density at radius 1 is 1.21 bits per heavy atom. The van der Waals surface area contributed by atoms with Crippen LogP contribution < -0.4 is 25.6 Å². The normalized spacial score (nSPS) is 21.7. The Balaban J connectivity index is 1.32. The fourth-order valence-electron chi connectivity index (χ4n) is 5.52. The summed E-state index contributed by atoms with van der Waals surface area (Å²) in [5, 5.41) is 8.20. The number of nitrogens with one attached hydrogen (secondary N) is 3. The van der Waals surface area contributed by atoms with Crippen LogP contribution in [0.5, 0.6) is 5.75 Å². The van der Waals surface area contributed by atoms with Crippen LogP contribution in [0.3, 0.4) is 0 Å². The number of hydrogen-bond donors (Lipinski definition) is 3. The molecule has 4 amide bonds. The summed E-state index contributed by atoms with van der Waals surface area (Å²) in [5.41, 5.74) is -0.392. The Hall–Kier alpha value is -4.19. The summed E-state index contributed by atoms with van der Waals surface area (Å²) >= 11 is 0. The maximum atomic E-state index is 14.9. The number of rotatable bonds is 6. The first-order valence-corrected chi connectivity index (χ1v) is 12.4. The van der Waals surface area contributed by atoms with Crippen LogP contribution >= 0.6 is 0 Å². The molecule has 6 rings (SSSR count). The third-order valence-electron chi connectivity index (χ3n) is 7.65. The molecule has 2 saturated heterocycles. The molecule has 5 heterocycles. The van der Waals surface area contributed by atoms with E-state index in [2.05, 4.69) is 20.9 Å². The quantitative estimate of drug-likeness (QED) is 0.419. The molecule has 2 aromatic heterocycles. The number of furan rings is 1. The standard InChI is InChI=1S/C26H27FN6O5/c1-28-15-7-9-32(10-8-15)20-6-5-17-16(29-20)11-19(38-17)26(24(35)30-25(36)31-26)13-33-12-14-3-4-18(37-2)22(27)21(14)23(33)34/h3-6,11,15,28H,7-10,12-13H2,1-2H3,(H2,30,31,35,36)/t26-/m0/s1. The van der Waals surface area contributed by atoms with E-state index in [1.54, 1.807) is 18.2 Å². The minimum absolute atomic E-state index is 0.0464. The van der Waals surface area contributed by atoms with E-state index < -0.39 is 29.2 Å². The smallest absolute Gasteiger partial charge is 0.322 e. The van der Waals surface area contributed by atoms with Gasteiger partial charge in [0.25, 0.3) is 11.8 Å². The molecule has 1 atom stereocenters. The van der Waals surface area contributed by atoms with E-state index in [-0.39, 0.29) is 30.2 Å². The van der Waals surface area contributed by atoms with Crippen LogP contribution in [-0.2, 0) is 16.9 Å². The molecule has 12 heteroatoms. The van der Waals surface area contributed by atoms with Gasteiger partial charge >= 0.3 is 6.03 Å². The number of methoxy groups -OCH3 is 1. The average Bonchev–Trinajstić information content (AvgIpc) is 3.57. The van der Waals surface area contributed by atoms with Gasteiger partial charge in [-0.2, -0.15) is 0 Å². The number of carbonyl (C=O) groups excluding carboxylic acids is 3. The number of halogens is 1. The number of carbonyl (C=O) groups is 3. The van der Waals surface area contributed by atoms with Gasteiger partial charge in [-0.05, 0) is 43.7 Å². The molecule has 0 aliphatic carbocycles. The lowest BCUT2D eigenvalue weighted by Crippen LogP contribution is -2.52. The van der Waals surface area contributed by atoms with Crippen molar-refractivity contribution >= 4 is 34.8 Å². The largest absolute Gasteiger partial charge is 0.494 e. The summed E-state index contributed by atoms with van der Waals surface area (Å²) in [5.74, 6) is -1.15. The van der Waals surface area contributed by atoms with E-state index in [1.807, 2.05) is 13.1 Å². The van der Waals surface area contributed by atoms with E-state index in [4.69, 9.17) is 14.1 Å². The molecule has 3 aromatic rings. The third kappa shape index (κ3) is 3.74. The average molecular weight is 523 g/mol. The molecule has 38 heavy (non-hydrogen) atoms. The van der Waals surface area contributed by atoms with Gasteiger partial charge in [-0.25, -0.2) is 14.2 Å². The number of ether oxygens (including phenoxy) is 1. The lowest BCUT2D eigenvalue weighted by atomic mass is 9.95. The van der Waals surface area contributed by atoms with Crippen molar-refractivity contribution in [1.29, 1.82) is 0 Å². The Bertz CT molecular complexity index is 1470. The topological polar surface area (TPSA) is 129 Å². The summed E-state index contributed by atoms with van der Waals surface area (Å²) in [6, 6.07) is 8.10. The van der Waals surface area contributed by atoms with Crippen molar-refractivity contribution in [1.82, 2.24) is 25.8 Å². The maximum absolute atomic E-state index is 14.9.